The van der Waals surface area contributed by atoms with Crippen molar-refractivity contribution in [3.63, 3.8) is 0 Å². The zero-order valence-corrected chi connectivity index (χ0v) is 18.5. The van der Waals surface area contributed by atoms with Gasteiger partial charge in [-0.25, -0.2) is 8.78 Å². The maximum absolute atomic E-state index is 13.7. The van der Waals surface area contributed by atoms with E-state index in [1.165, 1.54) is 17.0 Å². The minimum Gasteiger partial charge on any atom is -0.480 e. The molecule has 0 unspecified atom stereocenters. The predicted octanol–water partition coefficient (Wildman–Crippen LogP) is 5.57. The summed E-state index contributed by atoms with van der Waals surface area (Å²) in [4.78, 5) is 27.1. The number of hydrogen-bond acceptors (Lipinski definition) is 3. The van der Waals surface area contributed by atoms with Crippen molar-refractivity contribution in [1.82, 2.24) is 4.90 Å². The maximum Gasteiger partial charge on any atom is 0.264 e. The van der Waals surface area contributed by atoms with E-state index in [1.54, 1.807) is 42.5 Å². The first-order valence-electron chi connectivity index (χ1n) is 10.4. The maximum atomic E-state index is 13.7. The normalized spacial score (nSPS) is 15.5. The number of halogens is 3. The van der Waals surface area contributed by atoms with Crippen molar-refractivity contribution >= 4 is 29.1 Å². The highest BCUT2D eigenvalue weighted by molar-refractivity contribution is 6.30. The highest BCUT2D eigenvalue weighted by Crippen LogP contribution is 2.30. The standard InChI is InChI=1S/C25H21ClF2N2O3/c1-2-22-25(32)30(13-15-9-19(27)12-20(28)10-15)14-17-11-21(7-8-23(17)33-22)29-24(31)16-3-5-18(26)6-4-16/h3-12,22H,2,13-14H2,1H3,(H,29,31)/t22-/m0/s1. The molecule has 1 atom stereocenters. The van der Waals surface area contributed by atoms with E-state index in [2.05, 4.69) is 5.32 Å². The number of fused-ring (bicyclic) bond motifs is 1. The quantitative estimate of drug-likeness (QED) is 0.530. The SMILES string of the molecule is CC[C@@H]1Oc2ccc(NC(=O)c3ccc(Cl)cc3)cc2CN(Cc2cc(F)cc(F)c2)C1=O. The Labute approximate surface area is 194 Å². The van der Waals surface area contributed by atoms with E-state index in [-0.39, 0.29) is 24.9 Å². The number of nitrogens with zero attached hydrogens (tertiary/aromatic N) is 1. The summed E-state index contributed by atoms with van der Waals surface area (Å²) in [6.45, 7) is 2.01. The lowest BCUT2D eigenvalue weighted by atomic mass is 10.1. The largest absolute Gasteiger partial charge is 0.480 e. The van der Waals surface area contributed by atoms with Crippen LogP contribution in [0.25, 0.3) is 0 Å². The topological polar surface area (TPSA) is 58.6 Å². The Balaban J connectivity index is 1.59. The van der Waals surface area contributed by atoms with E-state index in [0.29, 0.717) is 39.6 Å². The second-order valence-electron chi connectivity index (χ2n) is 7.77. The first-order valence-corrected chi connectivity index (χ1v) is 10.8. The molecule has 0 aromatic heterocycles. The molecule has 1 aliphatic heterocycles. The van der Waals surface area contributed by atoms with E-state index in [9.17, 15) is 18.4 Å². The minimum atomic E-state index is -0.723. The second-order valence-corrected chi connectivity index (χ2v) is 8.21. The van der Waals surface area contributed by atoms with Gasteiger partial charge in [0.2, 0.25) is 0 Å². The van der Waals surface area contributed by atoms with Crippen LogP contribution >= 0.6 is 11.6 Å². The van der Waals surface area contributed by atoms with Gasteiger partial charge in [0.05, 0.1) is 0 Å². The molecule has 3 aromatic rings. The van der Waals surface area contributed by atoms with Crippen molar-refractivity contribution in [3.8, 4) is 5.75 Å². The number of amides is 2. The van der Waals surface area contributed by atoms with Gasteiger partial charge in [0.1, 0.15) is 17.4 Å². The van der Waals surface area contributed by atoms with Crippen LogP contribution in [0, 0.1) is 11.6 Å². The molecule has 4 rings (SSSR count). The summed E-state index contributed by atoms with van der Waals surface area (Å²) in [5, 5.41) is 3.35. The van der Waals surface area contributed by atoms with Crippen molar-refractivity contribution in [2.24, 2.45) is 0 Å². The molecule has 1 N–H and O–H groups in total. The Bertz CT molecular complexity index is 1180. The van der Waals surface area contributed by atoms with E-state index in [0.717, 1.165) is 6.07 Å². The van der Waals surface area contributed by atoms with E-state index >= 15 is 0 Å². The molecule has 1 heterocycles. The number of benzene rings is 3. The molecular formula is C25H21ClF2N2O3. The molecule has 5 nitrogen and oxygen atoms in total. The molecule has 0 aliphatic carbocycles. The average Bonchev–Trinajstić information content (AvgIpc) is 2.89. The van der Waals surface area contributed by atoms with E-state index < -0.39 is 17.7 Å². The van der Waals surface area contributed by atoms with Crippen LogP contribution < -0.4 is 10.1 Å². The molecule has 0 radical (unpaired) electrons. The van der Waals surface area contributed by atoms with Crippen LogP contribution in [0.4, 0.5) is 14.5 Å². The third-order valence-electron chi connectivity index (χ3n) is 5.31. The molecule has 0 bridgehead atoms. The Morgan fingerprint density at radius 2 is 1.79 bits per heavy atom. The van der Waals surface area contributed by atoms with Crippen LogP contribution in [0.3, 0.4) is 0 Å². The third kappa shape index (κ3) is 5.31. The average molecular weight is 471 g/mol. The van der Waals surface area contributed by atoms with Crippen molar-refractivity contribution in [2.75, 3.05) is 5.32 Å². The molecule has 0 saturated carbocycles. The van der Waals surface area contributed by atoms with Gasteiger partial charge in [-0.1, -0.05) is 18.5 Å². The Morgan fingerprint density at radius 1 is 1.09 bits per heavy atom. The van der Waals surface area contributed by atoms with Gasteiger partial charge in [-0.05, 0) is 66.6 Å². The van der Waals surface area contributed by atoms with Crippen molar-refractivity contribution in [1.29, 1.82) is 0 Å². The molecule has 0 fully saturated rings. The molecule has 3 aromatic carbocycles. The number of anilines is 1. The summed E-state index contributed by atoms with van der Waals surface area (Å²) in [5.74, 6) is -1.47. The number of rotatable bonds is 5. The van der Waals surface area contributed by atoms with Gasteiger partial charge in [-0.15, -0.1) is 0 Å². The monoisotopic (exact) mass is 470 g/mol. The Morgan fingerprint density at radius 3 is 2.45 bits per heavy atom. The lowest BCUT2D eigenvalue weighted by Gasteiger charge is -2.23. The van der Waals surface area contributed by atoms with Gasteiger partial charge in [-0.2, -0.15) is 0 Å². The van der Waals surface area contributed by atoms with Crippen molar-refractivity contribution in [3.05, 3.63) is 94.0 Å². The lowest BCUT2D eigenvalue weighted by molar-refractivity contribution is -0.139. The molecule has 170 valence electrons. The summed E-state index contributed by atoms with van der Waals surface area (Å²) in [5.41, 5.74) is 1.98. The Kier molecular flexibility index (Phi) is 6.60. The predicted molar refractivity (Wildman–Crippen MR) is 121 cm³/mol. The van der Waals surface area contributed by atoms with Crippen molar-refractivity contribution in [2.45, 2.75) is 32.5 Å². The van der Waals surface area contributed by atoms with Crippen LogP contribution in [0.5, 0.6) is 5.75 Å². The first kappa shape index (κ1) is 22.7. The zero-order chi connectivity index (χ0) is 23.5. The first-order chi connectivity index (χ1) is 15.8. The van der Waals surface area contributed by atoms with Gasteiger partial charge in [0, 0.05) is 41.0 Å². The van der Waals surface area contributed by atoms with Crippen LogP contribution in [0.2, 0.25) is 5.02 Å². The Hall–Kier alpha value is -3.45. The number of hydrogen-bond donors (Lipinski definition) is 1. The fraction of sp³-hybridized carbons (Fsp3) is 0.200. The summed E-state index contributed by atoms with van der Waals surface area (Å²) in [6, 6.07) is 14.8. The second kappa shape index (κ2) is 9.58. The molecule has 1 aliphatic rings. The van der Waals surface area contributed by atoms with Gasteiger partial charge in [-0.3, -0.25) is 9.59 Å². The molecular weight excluding hydrogens is 450 g/mol. The minimum absolute atomic E-state index is 0.0220. The molecule has 33 heavy (non-hydrogen) atoms. The summed E-state index contributed by atoms with van der Waals surface area (Å²) < 4.78 is 33.2. The van der Waals surface area contributed by atoms with Crippen LogP contribution in [0.1, 0.15) is 34.8 Å². The van der Waals surface area contributed by atoms with Gasteiger partial charge in [0.25, 0.3) is 11.8 Å². The molecule has 0 spiro atoms. The van der Waals surface area contributed by atoms with Crippen LogP contribution in [0.15, 0.2) is 60.7 Å². The van der Waals surface area contributed by atoms with Gasteiger partial charge < -0.3 is 15.0 Å². The number of carbonyl (C=O) groups is 2. The highest BCUT2D eigenvalue weighted by atomic mass is 35.5. The smallest absolute Gasteiger partial charge is 0.264 e. The van der Waals surface area contributed by atoms with E-state index in [4.69, 9.17) is 16.3 Å². The number of carbonyl (C=O) groups excluding carboxylic acids is 2. The van der Waals surface area contributed by atoms with Crippen molar-refractivity contribution < 1.29 is 23.1 Å². The molecule has 0 saturated heterocycles. The lowest BCUT2D eigenvalue weighted by Crippen LogP contribution is -2.38. The highest BCUT2D eigenvalue weighted by Gasteiger charge is 2.30. The van der Waals surface area contributed by atoms with Crippen LogP contribution in [-0.2, 0) is 17.9 Å². The summed E-state index contributed by atoms with van der Waals surface area (Å²) in [6.07, 6.45) is -0.291. The fourth-order valence-corrected chi connectivity index (χ4v) is 3.83. The van der Waals surface area contributed by atoms with Gasteiger partial charge in [0.15, 0.2) is 6.10 Å². The third-order valence-corrected chi connectivity index (χ3v) is 5.56. The van der Waals surface area contributed by atoms with E-state index in [1.807, 2.05) is 6.92 Å². The zero-order valence-electron chi connectivity index (χ0n) is 17.8. The molecule has 2 amide bonds. The molecule has 8 heteroatoms. The fourth-order valence-electron chi connectivity index (χ4n) is 3.71. The number of ether oxygens (including phenoxy) is 1. The summed E-state index contributed by atoms with van der Waals surface area (Å²) in [7, 11) is 0. The van der Waals surface area contributed by atoms with Crippen LogP contribution in [-0.4, -0.2) is 22.8 Å². The van der Waals surface area contributed by atoms with Gasteiger partial charge >= 0.3 is 0 Å². The number of nitrogens with one attached hydrogen (secondary N) is 1. The summed E-state index contributed by atoms with van der Waals surface area (Å²) >= 11 is 5.88.